The molecular formula is C33H25F7N6O5S2. The van der Waals surface area contributed by atoms with Crippen molar-refractivity contribution in [2.45, 2.75) is 22.1 Å². The van der Waals surface area contributed by atoms with Gasteiger partial charge in [-0.25, -0.2) is 40.9 Å². The number of sulfonamides is 2. The van der Waals surface area contributed by atoms with Crippen LogP contribution in [0.1, 0.15) is 11.4 Å². The molecule has 0 atom stereocenters. The highest BCUT2D eigenvalue weighted by atomic mass is 32.2. The average molecular weight is 783 g/mol. The van der Waals surface area contributed by atoms with Gasteiger partial charge in [0.25, 0.3) is 0 Å². The van der Waals surface area contributed by atoms with E-state index < -0.39 is 49.6 Å². The summed E-state index contributed by atoms with van der Waals surface area (Å²) in [6, 6.07) is 23.2. The zero-order chi connectivity index (χ0) is 38.9. The lowest BCUT2D eigenvalue weighted by molar-refractivity contribution is -0.142. The summed E-state index contributed by atoms with van der Waals surface area (Å²) in [6.45, 7) is 0. The van der Waals surface area contributed by atoms with Gasteiger partial charge < -0.3 is 4.74 Å². The molecule has 278 valence electrons. The van der Waals surface area contributed by atoms with Gasteiger partial charge in [-0.05, 0) is 84.9 Å². The van der Waals surface area contributed by atoms with E-state index in [4.69, 9.17) is 15.0 Å². The Morgan fingerprint density at radius 3 is 1.28 bits per heavy atom. The number of para-hydroxylation sites is 2. The molecule has 0 aliphatic heterocycles. The summed E-state index contributed by atoms with van der Waals surface area (Å²) in [7, 11) is -6.93. The lowest BCUT2D eigenvalue weighted by atomic mass is 10.1. The number of hydrogen-bond acceptors (Lipinski definition) is 7. The Morgan fingerprint density at radius 1 is 0.585 bits per heavy atom. The van der Waals surface area contributed by atoms with E-state index in [0.717, 1.165) is 39.7 Å². The first-order valence-corrected chi connectivity index (χ1v) is 17.8. The number of nitrogens with zero attached hydrogens (tertiary/aromatic N) is 4. The first-order valence-electron chi connectivity index (χ1n) is 14.7. The van der Waals surface area contributed by atoms with Gasteiger partial charge in [0, 0.05) is 11.1 Å². The van der Waals surface area contributed by atoms with Crippen molar-refractivity contribution in [3.8, 4) is 39.6 Å². The van der Waals surface area contributed by atoms with Crippen molar-refractivity contribution in [1.82, 2.24) is 19.6 Å². The fourth-order valence-electron chi connectivity index (χ4n) is 4.95. The summed E-state index contributed by atoms with van der Waals surface area (Å²) >= 11 is 0. The van der Waals surface area contributed by atoms with Crippen molar-refractivity contribution in [2.24, 2.45) is 10.3 Å². The molecule has 20 heteroatoms. The van der Waals surface area contributed by atoms with E-state index in [1.807, 2.05) is 0 Å². The Morgan fingerprint density at radius 2 is 0.943 bits per heavy atom. The average Bonchev–Trinajstić information content (AvgIpc) is 3.75. The lowest BCUT2D eigenvalue weighted by Crippen LogP contribution is -2.16. The van der Waals surface area contributed by atoms with E-state index in [0.29, 0.717) is 11.3 Å². The van der Waals surface area contributed by atoms with Crippen LogP contribution >= 0.6 is 0 Å². The van der Waals surface area contributed by atoms with E-state index in [-0.39, 0.29) is 38.1 Å². The number of hydrogen-bond donors (Lipinski definition) is 2. The summed E-state index contributed by atoms with van der Waals surface area (Å²) in [4.78, 5) is -0.725. The van der Waals surface area contributed by atoms with Gasteiger partial charge in [-0.15, -0.1) is 0 Å². The van der Waals surface area contributed by atoms with Gasteiger partial charge in [0.1, 0.15) is 21.4 Å². The summed E-state index contributed by atoms with van der Waals surface area (Å²) < 4.78 is 146. The lowest BCUT2D eigenvalue weighted by Gasteiger charge is -2.11. The summed E-state index contributed by atoms with van der Waals surface area (Å²) in [5, 5.41) is 17.4. The molecule has 2 heterocycles. The SMILES string of the molecule is COc1ccc(-c2cc(C(F)(F)F)nn2-c2ccccc2S(N)(=O)=O)cc1.NS(=O)(=O)c1ccccc1-n1nc(C(F)(F)F)cc1-c1ccc(F)cc1. The second-order valence-electron chi connectivity index (χ2n) is 10.9. The van der Waals surface area contributed by atoms with Crippen LogP contribution in [0.3, 0.4) is 0 Å². The molecule has 0 unspecified atom stereocenters. The Bertz CT molecular complexity index is 2480. The van der Waals surface area contributed by atoms with Gasteiger partial charge in [0.15, 0.2) is 11.4 Å². The third kappa shape index (κ3) is 8.74. The number of alkyl halides is 6. The number of methoxy groups -OCH3 is 1. The number of primary sulfonamides is 2. The Labute approximate surface area is 297 Å². The highest BCUT2D eigenvalue weighted by Crippen LogP contribution is 2.36. The summed E-state index contributed by atoms with van der Waals surface area (Å²) in [6.07, 6.45) is -9.46. The molecular weight excluding hydrogens is 758 g/mol. The van der Waals surface area contributed by atoms with Crippen LogP contribution < -0.4 is 15.0 Å². The normalized spacial score (nSPS) is 12.3. The second-order valence-corrected chi connectivity index (χ2v) is 14.0. The number of halogens is 7. The molecule has 2 aromatic heterocycles. The minimum atomic E-state index is -4.75. The molecule has 53 heavy (non-hydrogen) atoms. The number of benzene rings is 4. The van der Waals surface area contributed by atoms with Crippen LogP contribution in [-0.2, 0) is 32.4 Å². The maximum atomic E-state index is 13.2. The van der Waals surface area contributed by atoms with Crippen LogP contribution in [0.2, 0.25) is 0 Å². The highest BCUT2D eigenvalue weighted by Gasteiger charge is 2.37. The largest absolute Gasteiger partial charge is 0.497 e. The minimum Gasteiger partial charge on any atom is -0.497 e. The quantitative estimate of drug-likeness (QED) is 0.173. The molecule has 0 saturated carbocycles. The van der Waals surface area contributed by atoms with Crippen LogP contribution in [0.4, 0.5) is 30.7 Å². The zero-order valence-corrected chi connectivity index (χ0v) is 28.5. The predicted octanol–water partition coefficient (Wildman–Crippen LogP) is 6.56. The van der Waals surface area contributed by atoms with Crippen LogP contribution in [0.25, 0.3) is 33.9 Å². The Balaban J connectivity index is 0.000000204. The first kappa shape index (κ1) is 38.7. The van der Waals surface area contributed by atoms with Crippen molar-refractivity contribution in [1.29, 1.82) is 0 Å². The Kier molecular flexibility index (Phi) is 10.5. The number of aromatic nitrogens is 4. The molecule has 11 nitrogen and oxygen atoms in total. The standard InChI is InChI=1S/C17H14F3N3O3S.C16H11F4N3O2S/c1-26-12-8-6-11(7-9-12)14-10-16(17(18,19)20)22-23(14)13-4-2-3-5-15(13)27(21,24)25;17-11-7-5-10(6-8-11)13-9-15(16(18,19)20)22-23(13)12-3-1-2-4-14(12)26(21,24)25/h2-10H,1H3,(H2,21,24,25);1-9H,(H2,21,24,25). The van der Waals surface area contributed by atoms with Crippen molar-refractivity contribution < 1.29 is 52.3 Å². The van der Waals surface area contributed by atoms with Crippen LogP contribution in [0, 0.1) is 5.82 Å². The highest BCUT2D eigenvalue weighted by molar-refractivity contribution is 7.89. The maximum absolute atomic E-state index is 13.2. The van der Waals surface area contributed by atoms with E-state index >= 15 is 0 Å². The van der Waals surface area contributed by atoms with Crippen molar-refractivity contribution in [3.63, 3.8) is 0 Å². The zero-order valence-electron chi connectivity index (χ0n) is 26.8. The second kappa shape index (κ2) is 14.5. The molecule has 0 spiro atoms. The van der Waals surface area contributed by atoms with Gasteiger partial charge in [-0.3, -0.25) is 0 Å². The van der Waals surface area contributed by atoms with E-state index in [2.05, 4.69) is 10.2 Å². The summed E-state index contributed by atoms with van der Waals surface area (Å²) in [5.74, 6) is -0.0495. The van der Waals surface area contributed by atoms with Crippen molar-refractivity contribution in [2.75, 3.05) is 7.11 Å². The Hall–Kier alpha value is -5.57. The van der Waals surface area contributed by atoms with Crippen LogP contribution in [-0.4, -0.2) is 43.5 Å². The molecule has 0 amide bonds. The molecule has 0 radical (unpaired) electrons. The first-order chi connectivity index (χ1) is 24.7. The molecule has 0 fully saturated rings. The molecule has 4 N–H and O–H groups in total. The third-order valence-electron chi connectivity index (χ3n) is 7.33. The molecule has 0 aliphatic carbocycles. The molecule has 4 aromatic carbocycles. The predicted molar refractivity (Wildman–Crippen MR) is 177 cm³/mol. The molecule has 6 rings (SSSR count). The van der Waals surface area contributed by atoms with Crippen LogP contribution in [0.15, 0.2) is 119 Å². The maximum Gasteiger partial charge on any atom is 0.435 e. The molecule has 6 aromatic rings. The van der Waals surface area contributed by atoms with E-state index in [9.17, 15) is 47.6 Å². The van der Waals surface area contributed by atoms with Crippen molar-refractivity contribution in [3.05, 3.63) is 126 Å². The van der Waals surface area contributed by atoms with Gasteiger partial charge in [0.2, 0.25) is 20.0 Å². The molecule has 0 saturated heterocycles. The number of rotatable bonds is 7. The number of nitrogens with two attached hydrogens (primary N) is 2. The number of ether oxygens (including phenoxy) is 1. The third-order valence-corrected chi connectivity index (χ3v) is 9.24. The van der Waals surface area contributed by atoms with Crippen molar-refractivity contribution >= 4 is 20.0 Å². The fraction of sp³-hybridized carbons (Fsp3) is 0.0909. The van der Waals surface area contributed by atoms with Gasteiger partial charge in [0.05, 0.1) is 29.9 Å². The monoisotopic (exact) mass is 782 g/mol. The van der Waals surface area contributed by atoms with Gasteiger partial charge >= 0.3 is 12.4 Å². The van der Waals surface area contributed by atoms with Gasteiger partial charge in [-0.1, -0.05) is 24.3 Å². The summed E-state index contributed by atoms with van der Waals surface area (Å²) in [5.41, 5.74) is -2.00. The molecule has 0 bridgehead atoms. The topological polar surface area (TPSA) is 165 Å². The van der Waals surface area contributed by atoms with E-state index in [1.54, 1.807) is 24.3 Å². The van der Waals surface area contributed by atoms with Crippen LogP contribution in [0.5, 0.6) is 5.75 Å². The van der Waals surface area contributed by atoms with Gasteiger partial charge in [-0.2, -0.15) is 36.5 Å². The minimum absolute atomic E-state index is 0.0566. The van der Waals surface area contributed by atoms with E-state index in [1.165, 1.54) is 61.7 Å². The fourth-order valence-corrected chi connectivity index (χ4v) is 6.37. The smallest absolute Gasteiger partial charge is 0.435 e. The molecule has 0 aliphatic rings.